The lowest BCUT2D eigenvalue weighted by molar-refractivity contribution is -0.156. The molecule has 0 N–H and O–H groups in total. The van der Waals surface area contributed by atoms with Gasteiger partial charge in [0.15, 0.2) is 0 Å². The van der Waals surface area contributed by atoms with E-state index >= 15 is 0 Å². The first-order valence-corrected chi connectivity index (χ1v) is 8.15. The van der Waals surface area contributed by atoms with Gasteiger partial charge >= 0.3 is 5.97 Å². The smallest absolute Gasteiger partial charge is 0.310 e. The molecule has 2 aliphatic carbocycles. The van der Waals surface area contributed by atoms with Crippen molar-refractivity contribution in [3.05, 3.63) is 34.9 Å². The molecule has 3 heteroatoms. The number of hydrogen-bond donors (Lipinski definition) is 0. The second kappa shape index (κ2) is 5.01. The van der Waals surface area contributed by atoms with Crippen molar-refractivity contribution in [1.82, 2.24) is 0 Å². The van der Waals surface area contributed by atoms with Gasteiger partial charge < -0.3 is 4.74 Å². The summed E-state index contributed by atoms with van der Waals surface area (Å²) >= 11 is 5.96. The predicted molar refractivity (Wildman–Crippen MR) is 84.3 cm³/mol. The van der Waals surface area contributed by atoms with Gasteiger partial charge in [0.1, 0.15) is 6.10 Å². The average molecular weight is 307 g/mol. The monoisotopic (exact) mass is 306 g/mol. The number of carbonyl (C=O) groups is 1. The van der Waals surface area contributed by atoms with E-state index in [1.54, 1.807) is 0 Å². The van der Waals surface area contributed by atoms with Gasteiger partial charge in [-0.25, -0.2) is 0 Å². The van der Waals surface area contributed by atoms with Gasteiger partial charge in [0.2, 0.25) is 0 Å². The van der Waals surface area contributed by atoms with Crippen LogP contribution in [0.3, 0.4) is 0 Å². The summed E-state index contributed by atoms with van der Waals surface area (Å²) in [6.07, 6.45) is 3.83. The van der Waals surface area contributed by atoms with Gasteiger partial charge in [0, 0.05) is 10.4 Å². The molecule has 114 valence electrons. The molecule has 0 spiro atoms. The fraction of sp³-hybridized carbons (Fsp3) is 0.611. The van der Waals surface area contributed by atoms with E-state index in [1.807, 2.05) is 24.3 Å². The molecular formula is C18H23ClO2. The molecule has 1 aromatic rings. The van der Waals surface area contributed by atoms with E-state index < -0.39 is 0 Å². The Bertz CT molecular complexity index is 566. The first kappa shape index (κ1) is 14.9. The second-order valence-corrected chi connectivity index (χ2v) is 7.83. The number of carbonyl (C=O) groups excluding carboxylic acids is 1. The lowest BCUT2D eigenvalue weighted by atomic mass is 9.70. The summed E-state index contributed by atoms with van der Waals surface area (Å²) < 4.78 is 5.85. The number of benzene rings is 1. The van der Waals surface area contributed by atoms with Crippen LogP contribution in [0.4, 0.5) is 0 Å². The Balaban J connectivity index is 1.67. The van der Waals surface area contributed by atoms with Crippen molar-refractivity contribution in [3.8, 4) is 0 Å². The molecule has 0 radical (unpaired) electrons. The zero-order chi connectivity index (χ0) is 15.3. The SMILES string of the molecule is CC1(C)C2CCC1(C)C(OC(=O)Cc1cccc(Cl)c1)C2. The van der Waals surface area contributed by atoms with Gasteiger partial charge in [-0.15, -0.1) is 0 Å². The minimum Gasteiger partial charge on any atom is -0.462 e. The second-order valence-electron chi connectivity index (χ2n) is 7.40. The lowest BCUT2D eigenvalue weighted by Gasteiger charge is -2.38. The fourth-order valence-corrected chi connectivity index (χ4v) is 4.54. The Morgan fingerprint density at radius 2 is 2.14 bits per heavy atom. The molecule has 2 bridgehead atoms. The number of halogens is 1. The summed E-state index contributed by atoms with van der Waals surface area (Å²) in [5.41, 5.74) is 1.32. The molecule has 3 rings (SSSR count). The highest BCUT2D eigenvalue weighted by molar-refractivity contribution is 6.30. The molecule has 3 unspecified atom stereocenters. The number of ether oxygens (including phenoxy) is 1. The molecular weight excluding hydrogens is 284 g/mol. The zero-order valence-electron chi connectivity index (χ0n) is 13.0. The van der Waals surface area contributed by atoms with E-state index in [0.29, 0.717) is 17.4 Å². The summed E-state index contributed by atoms with van der Waals surface area (Å²) in [7, 11) is 0. The van der Waals surface area contributed by atoms with Crippen LogP contribution in [-0.4, -0.2) is 12.1 Å². The molecule has 2 fully saturated rings. The van der Waals surface area contributed by atoms with Gasteiger partial charge in [-0.05, 0) is 48.3 Å². The maximum Gasteiger partial charge on any atom is 0.310 e. The zero-order valence-corrected chi connectivity index (χ0v) is 13.7. The van der Waals surface area contributed by atoms with Crippen molar-refractivity contribution >= 4 is 17.6 Å². The standard InChI is InChI=1S/C18H23ClO2/c1-17(2)13-7-8-18(17,3)15(11-13)21-16(20)10-12-5-4-6-14(19)9-12/h4-6,9,13,15H,7-8,10-11H2,1-3H3. The molecule has 0 aromatic heterocycles. The van der Waals surface area contributed by atoms with Crippen LogP contribution in [0, 0.1) is 16.7 Å². The average Bonchev–Trinajstić information content (AvgIpc) is 2.72. The van der Waals surface area contributed by atoms with Crippen LogP contribution in [-0.2, 0) is 16.0 Å². The minimum atomic E-state index is -0.133. The van der Waals surface area contributed by atoms with Crippen molar-refractivity contribution in [1.29, 1.82) is 0 Å². The quantitative estimate of drug-likeness (QED) is 0.760. The molecule has 21 heavy (non-hydrogen) atoms. The summed E-state index contributed by atoms with van der Waals surface area (Å²) in [5.74, 6) is 0.554. The van der Waals surface area contributed by atoms with Gasteiger partial charge in [-0.1, -0.05) is 44.5 Å². The Kier molecular flexibility index (Phi) is 3.56. The highest BCUT2D eigenvalue weighted by Gasteiger charge is 2.62. The van der Waals surface area contributed by atoms with Crippen molar-refractivity contribution in [3.63, 3.8) is 0 Å². The van der Waals surface area contributed by atoms with E-state index in [4.69, 9.17) is 16.3 Å². The molecule has 2 aliphatic rings. The molecule has 3 atom stereocenters. The highest BCUT2D eigenvalue weighted by atomic mass is 35.5. The molecule has 2 nitrogen and oxygen atoms in total. The van der Waals surface area contributed by atoms with E-state index in [9.17, 15) is 4.79 Å². The highest BCUT2D eigenvalue weighted by Crippen LogP contribution is 2.66. The molecule has 0 aliphatic heterocycles. The summed E-state index contributed by atoms with van der Waals surface area (Å²) in [5, 5.41) is 0.660. The Labute approximate surface area is 131 Å². The third kappa shape index (κ3) is 2.38. The van der Waals surface area contributed by atoms with Crippen LogP contribution < -0.4 is 0 Å². The van der Waals surface area contributed by atoms with Gasteiger partial charge in [-0.2, -0.15) is 0 Å². The minimum absolute atomic E-state index is 0.0675. The number of rotatable bonds is 3. The summed E-state index contributed by atoms with van der Waals surface area (Å²) in [6, 6.07) is 7.43. The van der Waals surface area contributed by atoms with E-state index in [-0.39, 0.29) is 22.9 Å². The first-order valence-electron chi connectivity index (χ1n) is 7.77. The van der Waals surface area contributed by atoms with E-state index in [2.05, 4.69) is 20.8 Å². The molecule has 0 amide bonds. The van der Waals surface area contributed by atoms with Crippen LogP contribution >= 0.6 is 11.6 Å². The van der Waals surface area contributed by atoms with Crippen LogP contribution in [0.5, 0.6) is 0 Å². The van der Waals surface area contributed by atoms with Crippen molar-refractivity contribution in [2.24, 2.45) is 16.7 Å². The Morgan fingerprint density at radius 1 is 1.38 bits per heavy atom. The van der Waals surface area contributed by atoms with E-state index in [1.165, 1.54) is 12.8 Å². The third-order valence-corrected chi connectivity index (χ3v) is 6.46. The largest absolute Gasteiger partial charge is 0.462 e. The third-order valence-electron chi connectivity index (χ3n) is 6.23. The van der Waals surface area contributed by atoms with Gasteiger partial charge in [0.25, 0.3) is 0 Å². The fourth-order valence-electron chi connectivity index (χ4n) is 4.32. The van der Waals surface area contributed by atoms with Crippen LogP contribution in [0.2, 0.25) is 5.02 Å². The molecule has 2 saturated carbocycles. The van der Waals surface area contributed by atoms with Gasteiger partial charge in [-0.3, -0.25) is 4.79 Å². The maximum absolute atomic E-state index is 12.2. The first-order chi connectivity index (χ1) is 9.83. The normalized spacial score (nSPS) is 33.1. The predicted octanol–water partition coefficient (Wildman–Crippen LogP) is 4.64. The van der Waals surface area contributed by atoms with Gasteiger partial charge in [0.05, 0.1) is 6.42 Å². The maximum atomic E-state index is 12.2. The lowest BCUT2D eigenvalue weighted by Crippen LogP contribution is -2.38. The van der Waals surface area contributed by atoms with E-state index in [0.717, 1.165) is 12.0 Å². The van der Waals surface area contributed by atoms with Crippen molar-refractivity contribution in [2.75, 3.05) is 0 Å². The number of esters is 1. The van der Waals surface area contributed by atoms with Crippen molar-refractivity contribution in [2.45, 2.75) is 52.6 Å². The Morgan fingerprint density at radius 3 is 2.71 bits per heavy atom. The molecule has 0 saturated heterocycles. The molecule has 1 aromatic carbocycles. The van der Waals surface area contributed by atoms with Crippen molar-refractivity contribution < 1.29 is 9.53 Å². The summed E-state index contributed by atoms with van der Waals surface area (Å²) in [6.45, 7) is 6.95. The van der Waals surface area contributed by atoms with Crippen LogP contribution in [0.1, 0.15) is 45.6 Å². The van der Waals surface area contributed by atoms with Crippen LogP contribution in [0.25, 0.3) is 0 Å². The summed E-state index contributed by atoms with van der Waals surface area (Å²) in [4.78, 5) is 12.2. The van der Waals surface area contributed by atoms with Crippen LogP contribution in [0.15, 0.2) is 24.3 Å². The molecule has 0 heterocycles. The topological polar surface area (TPSA) is 26.3 Å². The number of fused-ring (bicyclic) bond motifs is 2. The Hall–Kier alpha value is -1.02. The number of hydrogen-bond acceptors (Lipinski definition) is 2.